The molecule has 0 aromatic heterocycles. The summed E-state index contributed by atoms with van der Waals surface area (Å²) in [7, 11) is 0. The van der Waals surface area contributed by atoms with E-state index in [1.165, 1.54) is 18.2 Å². The zero-order valence-corrected chi connectivity index (χ0v) is 21.7. The Bertz CT molecular complexity index is 1230. The third-order valence-corrected chi connectivity index (χ3v) is 6.35. The molecule has 38 heavy (non-hydrogen) atoms. The molecule has 0 aliphatic carbocycles. The van der Waals surface area contributed by atoms with Gasteiger partial charge in [-0.2, -0.15) is 13.2 Å². The first kappa shape index (κ1) is 29.0. The topological polar surface area (TPSA) is 78.4 Å². The highest BCUT2D eigenvalue weighted by atomic mass is 35.5. The van der Waals surface area contributed by atoms with Crippen molar-refractivity contribution in [2.75, 3.05) is 11.9 Å². The molecule has 1 amide bonds. The fraction of sp³-hybridized carbons (Fsp3) is 0.310. The van der Waals surface area contributed by atoms with Crippen molar-refractivity contribution in [1.82, 2.24) is 5.32 Å². The lowest BCUT2D eigenvalue weighted by molar-refractivity contribution is -0.138. The molecule has 3 aromatic rings. The molecular weight excluding hydrogens is 517 g/mol. The average molecular weight is 547 g/mol. The van der Waals surface area contributed by atoms with Crippen molar-refractivity contribution in [2.24, 2.45) is 0 Å². The van der Waals surface area contributed by atoms with E-state index in [0.29, 0.717) is 39.5 Å². The molecule has 1 atom stereocenters. The molecule has 1 unspecified atom stereocenters. The SMILES string of the molecule is CCCCCCNc1ccc(Cl)cc1C(=O)NC(CC(=O)O)c1ccc(-c2ccc(C(F)(F)F)cc2)cc1. The van der Waals surface area contributed by atoms with Gasteiger partial charge in [-0.25, -0.2) is 0 Å². The van der Waals surface area contributed by atoms with E-state index in [4.69, 9.17) is 11.6 Å². The summed E-state index contributed by atoms with van der Waals surface area (Å²) in [5.41, 5.74) is 1.97. The number of carboxylic acids is 1. The molecule has 0 saturated carbocycles. The molecule has 0 heterocycles. The van der Waals surface area contributed by atoms with Crippen LogP contribution in [0.2, 0.25) is 5.02 Å². The molecule has 5 nitrogen and oxygen atoms in total. The monoisotopic (exact) mass is 546 g/mol. The van der Waals surface area contributed by atoms with Crippen LogP contribution >= 0.6 is 11.6 Å². The van der Waals surface area contributed by atoms with Crippen molar-refractivity contribution >= 4 is 29.2 Å². The Hall–Kier alpha value is -3.52. The van der Waals surface area contributed by atoms with Gasteiger partial charge in [-0.1, -0.05) is 74.2 Å². The lowest BCUT2D eigenvalue weighted by Crippen LogP contribution is -2.30. The minimum absolute atomic E-state index is 0.310. The zero-order valence-electron chi connectivity index (χ0n) is 20.9. The Morgan fingerprint density at radius 3 is 2.13 bits per heavy atom. The molecule has 0 aliphatic heterocycles. The molecule has 0 saturated heterocycles. The van der Waals surface area contributed by atoms with Gasteiger partial charge >= 0.3 is 12.1 Å². The molecule has 0 fully saturated rings. The van der Waals surface area contributed by atoms with Crippen LogP contribution in [-0.2, 0) is 11.0 Å². The number of aliphatic carboxylic acids is 1. The number of benzene rings is 3. The highest BCUT2D eigenvalue weighted by Gasteiger charge is 2.30. The van der Waals surface area contributed by atoms with Gasteiger partial charge in [0.1, 0.15) is 0 Å². The predicted octanol–water partition coefficient (Wildman–Crippen LogP) is 7.96. The van der Waals surface area contributed by atoms with Crippen LogP contribution in [0.5, 0.6) is 0 Å². The van der Waals surface area contributed by atoms with Gasteiger partial charge in [0.25, 0.3) is 5.91 Å². The number of amides is 1. The number of nitrogens with one attached hydrogen (secondary N) is 2. The van der Waals surface area contributed by atoms with Gasteiger partial charge < -0.3 is 15.7 Å². The maximum atomic E-state index is 13.2. The van der Waals surface area contributed by atoms with Crippen LogP contribution in [0.3, 0.4) is 0 Å². The van der Waals surface area contributed by atoms with Gasteiger partial charge in [0.2, 0.25) is 0 Å². The highest BCUT2D eigenvalue weighted by Crippen LogP contribution is 2.31. The summed E-state index contributed by atoms with van der Waals surface area (Å²) in [5, 5.41) is 15.9. The number of hydrogen-bond donors (Lipinski definition) is 3. The van der Waals surface area contributed by atoms with Crippen LogP contribution in [0.1, 0.15) is 66.6 Å². The van der Waals surface area contributed by atoms with Crippen molar-refractivity contribution < 1.29 is 27.9 Å². The lowest BCUT2D eigenvalue weighted by atomic mass is 9.98. The summed E-state index contributed by atoms with van der Waals surface area (Å²) in [4.78, 5) is 24.8. The van der Waals surface area contributed by atoms with Crippen LogP contribution in [0.15, 0.2) is 66.7 Å². The summed E-state index contributed by atoms with van der Waals surface area (Å²) in [6.45, 7) is 2.82. The third kappa shape index (κ3) is 8.25. The molecule has 202 valence electrons. The van der Waals surface area contributed by atoms with Gasteiger partial charge in [-0.15, -0.1) is 0 Å². The Balaban J connectivity index is 1.77. The first-order valence-corrected chi connectivity index (χ1v) is 12.8. The second-order valence-corrected chi connectivity index (χ2v) is 9.43. The molecule has 3 aromatic carbocycles. The summed E-state index contributed by atoms with van der Waals surface area (Å²) >= 11 is 6.15. The smallest absolute Gasteiger partial charge is 0.416 e. The maximum Gasteiger partial charge on any atom is 0.416 e. The molecule has 0 radical (unpaired) electrons. The summed E-state index contributed by atoms with van der Waals surface area (Å²) in [5.74, 6) is -1.57. The van der Waals surface area contributed by atoms with Crippen molar-refractivity contribution in [1.29, 1.82) is 0 Å². The Morgan fingerprint density at radius 2 is 1.55 bits per heavy atom. The van der Waals surface area contributed by atoms with Crippen LogP contribution in [0.4, 0.5) is 18.9 Å². The Labute approximate surface area is 225 Å². The standard InChI is InChI=1S/C29H30ClF3N2O3/c1-2-3-4-5-16-34-25-15-14-23(30)17-24(25)28(38)35-26(18-27(36)37)21-8-6-19(7-9-21)20-10-12-22(13-11-20)29(31,32)33/h6-15,17,26,34H,2-5,16,18H2,1H3,(H,35,38)(H,36,37). The number of carbonyl (C=O) groups excluding carboxylic acids is 1. The number of anilines is 1. The summed E-state index contributed by atoms with van der Waals surface area (Å²) < 4.78 is 38.6. The van der Waals surface area contributed by atoms with E-state index in [1.54, 1.807) is 36.4 Å². The molecule has 9 heteroatoms. The number of rotatable bonds is 12. The minimum atomic E-state index is -4.42. The number of unbranched alkanes of at least 4 members (excludes halogenated alkanes) is 3. The average Bonchev–Trinajstić information content (AvgIpc) is 2.88. The van der Waals surface area contributed by atoms with Crippen molar-refractivity contribution in [2.45, 2.75) is 51.2 Å². The number of carboxylic acid groups (broad SMARTS) is 1. The quantitative estimate of drug-likeness (QED) is 0.201. The van der Waals surface area contributed by atoms with Crippen molar-refractivity contribution in [3.63, 3.8) is 0 Å². The van der Waals surface area contributed by atoms with E-state index in [9.17, 15) is 27.9 Å². The van der Waals surface area contributed by atoms with Crippen molar-refractivity contribution in [3.05, 3.63) is 88.4 Å². The van der Waals surface area contributed by atoms with Crippen LogP contribution in [0.25, 0.3) is 11.1 Å². The minimum Gasteiger partial charge on any atom is -0.481 e. The van der Waals surface area contributed by atoms with Crippen molar-refractivity contribution in [3.8, 4) is 11.1 Å². The first-order valence-electron chi connectivity index (χ1n) is 12.4. The molecule has 3 N–H and O–H groups in total. The van der Waals surface area contributed by atoms with Crippen LogP contribution in [-0.4, -0.2) is 23.5 Å². The normalized spacial score (nSPS) is 12.1. The van der Waals surface area contributed by atoms with E-state index in [0.717, 1.165) is 37.8 Å². The van der Waals surface area contributed by atoms with Gasteiger partial charge in [0, 0.05) is 17.3 Å². The number of halogens is 4. The van der Waals surface area contributed by atoms with Gasteiger partial charge in [-0.3, -0.25) is 9.59 Å². The fourth-order valence-electron chi connectivity index (χ4n) is 4.06. The van der Waals surface area contributed by atoms with Gasteiger partial charge in [0.15, 0.2) is 0 Å². The van der Waals surface area contributed by atoms with Gasteiger partial charge in [-0.05, 0) is 53.4 Å². The van der Waals surface area contributed by atoms with Crippen LogP contribution < -0.4 is 10.6 Å². The van der Waals surface area contributed by atoms with E-state index in [1.807, 2.05) is 0 Å². The summed E-state index contributed by atoms with van der Waals surface area (Å²) in [6, 6.07) is 15.6. The molecule has 0 spiro atoms. The Kier molecular flexibility index (Phi) is 10.2. The molecule has 0 bridgehead atoms. The number of carbonyl (C=O) groups is 2. The van der Waals surface area contributed by atoms with Gasteiger partial charge in [0.05, 0.1) is 23.6 Å². The largest absolute Gasteiger partial charge is 0.481 e. The van der Waals surface area contributed by atoms with E-state index >= 15 is 0 Å². The first-order chi connectivity index (χ1) is 18.1. The maximum absolute atomic E-state index is 13.2. The predicted molar refractivity (Wildman–Crippen MR) is 143 cm³/mol. The number of hydrogen-bond acceptors (Lipinski definition) is 3. The van der Waals surface area contributed by atoms with E-state index in [-0.39, 0.29) is 6.42 Å². The summed E-state index contributed by atoms with van der Waals surface area (Å²) in [6.07, 6.45) is -0.509. The van der Waals surface area contributed by atoms with Crippen LogP contribution in [0, 0.1) is 0 Å². The zero-order chi connectivity index (χ0) is 27.7. The number of alkyl halides is 3. The van der Waals surface area contributed by atoms with E-state index < -0.39 is 29.7 Å². The molecular formula is C29H30ClF3N2O3. The van der Waals surface area contributed by atoms with E-state index in [2.05, 4.69) is 17.6 Å². The molecule has 0 aliphatic rings. The molecule has 3 rings (SSSR count). The highest BCUT2D eigenvalue weighted by molar-refractivity contribution is 6.31. The Morgan fingerprint density at radius 1 is 0.921 bits per heavy atom. The second-order valence-electron chi connectivity index (χ2n) is 9.00. The third-order valence-electron chi connectivity index (χ3n) is 6.11. The fourth-order valence-corrected chi connectivity index (χ4v) is 4.23. The second kappa shape index (κ2) is 13.3. The lowest BCUT2D eigenvalue weighted by Gasteiger charge is -2.20.